The summed E-state index contributed by atoms with van der Waals surface area (Å²) in [5, 5.41) is 7.49. The largest absolute Gasteiger partial charge is 0.497 e. The Morgan fingerprint density at radius 3 is 2.45 bits per heavy atom. The molecule has 0 bridgehead atoms. The summed E-state index contributed by atoms with van der Waals surface area (Å²) in [6.07, 6.45) is -3.70. The van der Waals surface area contributed by atoms with Gasteiger partial charge < -0.3 is 20.1 Å². The second-order valence-electron chi connectivity index (χ2n) is 5.62. The van der Waals surface area contributed by atoms with Crippen LogP contribution in [0, 0.1) is 0 Å². The minimum atomic E-state index is -4.43. The number of hydrogen-bond acceptors (Lipinski definition) is 5. The molecule has 2 rings (SSSR count). The van der Waals surface area contributed by atoms with Crippen molar-refractivity contribution in [2.75, 3.05) is 26.8 Å². The average molecular weight is 544 g/mol. The molecule has 0 saturated carbocycles. The van der Waals surface area contributed by atoms with Crippen molar-refractivity contribution in [2.45, 2.75) is 26.1 Å². The first-order valence-electron chi connectivity index (χ1n) is 8.73. The van der Waals surface area contributed by atoms with E-state index in [1.54, 1.807) is 7.11 Å². The molecular weight excluding hydrogens is 520 g/mol. The highest BCUT2D eigenvalue weighted by Crippen LogP contribution is 2.30. The van der Waals surface area contributed by atoms with Crippen molar-refractivity contribution in [3.8, 4) is 11.5 Å². The van der Waals surface area contributed by atoms with Gasteiger partial charge in [-0.1, -0.05) is 0 Å². The fraction of sp³-hybridized carbons (Fsp3) is 0.444. The average Bonchev–Trinajstić information content (AvgIpc) is 3.16. The normalized spacial score (nSPS) is 11.6. The van der Waals surface area contributed by atoms with E-state index >= 15 is 0 Å². The first-order chi connectivity index (χ1) is 13.4. The first-order valence-corrected chi connectivity index (χ1v) is 9.61. The quantitative estimate of drug-likeness (QED) is 0.213. The van der Waals surface area contributed by atoms with Crippen molar-refractivity contribution in [3.63, 3.8) is 0 Å². The van der Waals surface area contributed by atoms with Gasteiger partial charge in [0.1, 0.15) is 16.5 Å². The molecule has 0 unspecified atom stereocenters. The molecule has 1 heterocycles. The Labute approximate surface area is 188 Å². The fourth-order valence-electron chi connectivity index (χ4n) is 2.14. The number of guanidine groups is 1. The van der Waals surface area contributed by atoms with Crippen LogP contribution >= 0.6 is 35.3 Å². The molecule has 0 radical (unpaired) electrons. The van der Waals surface area contributed by atoms with Gasteiger partial charge in [0.15, 0.2) is 11.7 Å². The fourth-order valence-corrected chi connectivity index (χ4v) is 2.87. The second-order valence-corrected chi connectivity index (χ2v) is 6.57. The molecule has 0 spiro atoms. The van der Waals surface area contributed by atoms with Crippen molar-refractivity contribution in [1.82, 2.24) is 15.6 Å². The maximum Gasteiger partial charge on any atom is 0.434 e. The van der Waals surface area contributed by atoms with Gasteiger partial charge in [-0.3, -0.25) is 0 Å². The summed E-state index contributed by atoms with van der Waals surface area (Å²) in [6.45, 7) is 3.75. The first kappa shape index (κ1) is 25.3. The monoisotopic (exact) mass is 544 g/mol. The second kappa shape index (κ2) is 12.7. The topological polar surface area (TPSA) is 67.8 Å². The third kappa shape index (κ3) is 9.07. The van der Waals surface area contributed by atoms with Crippen molar-refractivity contribution in [1.29, 1.82) is 0 Å². The number of thiazole rings is 1. The molecule has 0 saturated heterocycles. The highest BCUT2D eigenvalue weighted by atomic mass is 127. The van der Waals surface area contributed by atoms with Gasteiger partial charge in [0.05, 0.1) is 20.3 Å². The van der Waals surface area contributed by atoms with Crippen LogP contribution in [-0.4, -0.2) is 37.7 Å². The van der Waals surface area contributed by atoms with Gasteiger partial charge >= 0.3 is 6.18 Å². The van der Waals surface area contributed by atoms with Gasteiger partial charge in [0, 0.05) is 18.5 Å². The Hall–Kier alpha value is -1.76. The molecular formula is C18H24F3IN4O2S. The molecule has 0 aliphatic rings. The summed E-state index contributed by atoms with van der Waals surface area (Å²) in [6, 6.07) is 7.32. The van der Waals surface area contributed by atoms with Crippen LogP contribution in [0.15, 0.2) is 34.6 Å². The molecule has 6 nitrogen and oxygen atoms in total. The van der Waals surface area contributed by atoms with Crippen LogP contribution < -0.4 is 20.1 Å². The Balaban J connectivity index is 0.00000420. The van der Waals surface area contributed by atoms with Gasteiger partial charge in [-0.15, -0.1) is 35.3 Å². The van der Waals surface area contributed by atoms with Gasteiger partial charge in [-0.05, 0) is 37.6 Å². The van der Waals surface area contributed by atoms with Crippen LogP contribution in [0.2, 0.25) is 0 Å². The molecule has 2 aromatic rings. The summed E-state index contributed by atoms with van der Waals surface area (Å²) < 4.78 is 48.5. The molecule has 0 atom stereocenters. The highest BCUT2D eigenvalue weighted by molar-refractivity contribution is 14.0. The third-order valence-corrected chi connectivity index (χ3v) is 4.33. The van der Waals surface area contributed by atoms with E-state index in [2.05, 4.69) is 20.6 Å². The molecule has 0 fully saturated rings. The predicted molar refractivity (Wildman–Crippen MR) is 118 cm³/mol. The minimum Gasteiger partial charge on any atom is -0.497 e. The summed E-state index contributed by atoms with van der Waals surface area (Å²) in [5.74, 6) is 2.05. The lowest BCUT2D eigenvalue weighted by Crippen LogP contribution is -2.38. The smallest absolute Gasteiger partial charge is 0.434 e. The van der Waals surface area contributed by atoms with E-state index in [0.29, 0.717) is 30.7 Å². The molecule has 2 N–H and O–H groups in total. The SMILES string of the molecule is CCNC(=NCc1nc(C(F)(F)F)cs1)NCCCOc1ccc(OC)cc1.I. The Morgan fingerprint density at radius 1 is 1.17 bits per heavy atom. The maximum atomic E-state index is 12.6. The Kier molecular flexibility index (Phi) is 11.1. The lowest BCUT2D eigenvalue weighted by atomic mass is 10.3. The van der Waals surface area contributed by atoms with Gasteiger partial charge in [-0.25, -0.2) is 9.98 Å². The summed E-state index contributed by atoms with van der Waals surface area (Å²) >= 11 is 0.946. The van der Waals surface area contributed by atoms with Crippen molar-refractivity contribution in [3.05, 3.63) is 40.3 Å². The maximum absolute atomic E-state index is 12.6. The molecule has 1 aromatic carbocycles. The van der Waals surface area contributed by atoms with Crippen LogP contribution in [0.3, 0.4) is 0 Å². The Bertz CT molecular complexity index is 754. The van der Waals surface area contributed by atoms with Gasteiger partial charge in [0.2, 0.25) is 0 Å². The number of hydrogen-bond donors (Lipinski definition) is 2. The Morgan fingerprint density at radius 2 is 1.86 bits per heavy atom. The van der Waals surface area contributed by atoms with Gasteiger partial charge in [-0.2, -0.15) is 13.2 Å². The molecule has 162 valence electrons. The molecule has 0 aliphatic carbocycles. The minimum absolute atomic E-state index is 0. The predicted octanol–water partition coefficient (Wildman–Crippen LogP) is 4.31. The van der Waals surface area contributed by atoms with Crippen LogP contribution in [0.25, 0.3) is 0 Å². The van der Waals surface area contributed by atoms with Crippen LogP contribution in [0.1, 0.15) is 24.0 Å². The van der Waals surface area contributed by atoms with E-state index in [4.69, 9.17) is 9.47 Å². The number of rotatable bonds is 9. The molecule has 29 heavy (non-hydrogen) atoms. The van der Waals surface area contributed by atoms with Crippen LogP contribution in [0.4, 0.5) is 13.2 Å². The molecule has 0 amide bonds. The van der Waals surface area contributed by atoms with E-state index in [1.807, 2.05) is 31.2 Å². The standard InChI is InChI=1S/C18H23F3N4O2S.HI/c1-3-22-17(24-11-16-25-15(12-28-16)18(19,20)21)23-9-4-10-27-14-7-5-13(26-2)6-8-14;/h5-8,12H,3-4,9-11H2,1-2H3,(H2,22,23,24);1H. The number of aliphatic imine (C=N–C) groups is 1. The lowest BCUT2D eigenvalue weighted by molar-refractivity contribution is -0.140. The number of nitrogens with one attached hydrogen (secondary N) is 2. The molecule has 1 aromatic heterocycles. The highest BCUT2D eigenvalue weighted by Gasteiger charge is 2.33. The number of halogens is 4. The zero-order chi connectivity index (χ0) is 20.4. The zero-order valence-corrected chi connectivity index (χ0v) is 19.2. The third-order valence-electron chi connectivity index (χ3n) is 3.50. The summed E-state index contributed by atoms with van der Waals surface area (Å²) in [5.41, 5.74) is -0.878. The van der Waals surface area contributed by atoms with E-state index in [1.165, 1.54) is 0 Å². The van der Waals surface area contributed by atoms with Gasteiger partial charge in [0.25, 0.3) is 0 Å². The van der Waals surface area contributed by atoms with E-state index < -0.39 is 11.9 Å². The summed E-state index contributed by atoms with van der Waals surface area (Å²) in [7, 11) is 1.61. The number of alkyl halides is 3. The van der Waals surface area contributed by atoms with E-state index in [-0.39, 0.29) is 30.5 Å². The number of benzene rings is 1. The zero-order valence-electron chi connectivity index (χ0n) is 16.1. The van der Waals surface area contributed by atoms with Crippen molar-refractivity contribution in [2.24, 2.45) is 4.99 Å². The number of aromatic nitrogens is 1. The lowest BCUT2D eigenvalue weighted by Gasteiger charge is -2.11. The number of methoxy groups -OCH3 is 1. The summed E-state index contributed by atoms with van der Waals surface area (Å²) in [4.78, 5) is 7.85. The number of ether oxygens (including phenoxy) is 2. The van der Waals surface area contributed by atoms with Crippen LogP contribution in [0.5, 0.6) is 11.5 Å². The van der Waals surface area contributed by atoms with E-state index in [9.17, 15) is 13.2 Å². The van der Waals surface area contributed by atoms with Crippen LogP contribution in [-0.2, 0) is 12.7 Å². The van der Waals surface area contributed by atoms with E-state index in [0.717, 1.165) is 34.6 Å². The molecule has 11 heteroatoms. The number of nitrogens with zero attached hydrogens (tertiary/aromatic N) is 2. The molecule has 0 aliphatic heterocycles. The van der Waals surface area contributed by atoms with Crippen molar-refractivity contribution < 1.29 is 22.6 Å². The van der Waals surface area contributed by atoms with Crippen molar-refractivity contribution >= 4 is 41.3 Å².